The number of nitrogens with zero attached hydrogens (tertiary/aromatic N) is 2. The molecule has 0 aromatic heterocycles. The molecule has 4 heteroatoms. The Hall–Kier alpha value is -0.770. The molecule has 0 radical (unpaired) electrons. The Labute approximate surface area is 115 Å². The maximum absolute atomic E-state index is 6.20. The molecule has 3 nitrogen and oxygen atoms in total. The van der Waals surface area contributed by atoms with E-state index in [1.807, 2.05) is 12.1 Å². The molecule has 18 heavy (non-hydrogen) atoms. The predicted octanol–water partition coefficient (Wildman–Crippen LogP) is 2.33. The Balaban J connectivity index is 2.04. The Morgan fingerprint density at radius 2 is 2.28 bits per heavy atom. The molecule has 1 aromatic rings. The minimum Gasteiger partial charge on any atom is -0.373 e. The van der Waals surface area contributed by atoms with Crippen molar-refractivity contribution in [3.05, 3.63) is 28.8 Å². The molecule has 1 saturated heterocycles. The topological polar surface area (TPSA) is 32.5 Å². The van der Waals surface area contributed by atoms with Gasteiger partial charge >= 0.3 is 0 Å². The molecule has 1 atom stereocenters. The van der Waals surface area contributed by atoms with Gasteiger partial charge < -0.3 is 15.5 Å². The summed E-state index contributed by atoms with van der Waals surface area (Å²) in [5, 5.41) is 0.765. The molecule has 1 aromatic carbocycles. The summed E-state index contributed by atoms with van der Waals surface area (Å²) in [6.45, 7) is 2.76. The monoisotopic (exact) mass is 267 g/mol. The summed E-state index contributed by atoms with van der Waals surface area (Å²) in [4.78, 5) is 4.71. The first-order valence-corrected chi connectivity index (χ1v) is 6.89. The minimum atomic E-state index is 0.494. The van der Waals surface area contributed by atoms with E-state index in [4.69, 9.17) is 17.3 Å². The van der Waals surface area contributed by atoms with Gasteiger partial charge in [0, 0.05) is 36.9 Å². The fraction of sp³-hybridized carbons (Fsp3) is 0.571. The molecule has 0 bridgehead atoms. The molecule has 1 fully saturated rings. The average molecular weight is 268 g/mol. The Morgan fingerprint density at radius 3 is 2.83 bits per heavy atom. The highest BCUT2D eigenvalue weighted by Gasteiger charge is 2.22. The maximum atomic E-state index is 6.20. The number of halogens is 1. The molecule has 1 aliphatic rings. The summed E-state index contributed by atoms with van der Waals surface area (Å²) in [5.74, 6) is 0. The van der Waals surface area contributed by atoms with Crippen LogP contribution in [0.2, 0.25) is 5.02 Å². The van der Waals surface area contributed by atoms with Gasteiger partial charge in [-0.3, -0.25) is 0 Å². The van der Waals surface area contributed by atoms with Crippen molar-refractivity contribution in [2.75, 3.05) is 32.1 Å². The normalized spacial score (nSPS) is 20.3. The number of nitrogens with two attached hydrogens (primary N) is 1. The first-order valence-electron chi connectivity index (χ1n) is 6.51. The molecule has 1 heterocycles. The number of hydrogen-bond donors (Lipinski definition) is 1. The lowest BCUT2D eigenvalue weighted by Gasteiger charge is -2.27. The van der Waals surface area contributed by atoms with Crippen LogP contribution in [0.1, 0.15) is 18.4 Å². The number of benzene rings is 1. The smallest absolute Gasteiger partial charge is 0.0471 e. The highest BCUT2D eigenvalue weighted by atomic mass is 35.5. The summed E-state index contributed by atoms with van der Waals surface area (Å²) in [5.41, 5.74) is 7.79. The summed E-state index contributed by atoms with van der Waals surface area (Å²) in [7, 11) is 4.33. The minimum absolute atomic E-state index is 0.494. The Morgan fingerprint density at radius 1 is 1.50 bits per heavy atom. The lowest BCUT2D eigenvalue weighted by atomic mass is 10.1. The molecule has 0 spiro atoms. The zero-order chi connectivity index (χ0) is 13.1. The van der Waals surface area contributed by atoms with Crippen LogP contribution in [0.25, 0.3) is 0 Å². The van der Waals surface area contributed by atoms with E-state index in [1.54, 1.807) is 0 Å². The van der Waals surface area contributed by atoms with Gasteiger partial charge in [0.15, 0.2) is 0 Å². The van der Waals surface area contributed by atoms with Crippen LogP contribution in [0, 0.1) is 0 Å². The van der Waals surface area contributed by atoms with Crippen molar-refractivity contribution in [2.24, 2.45) is 5.73 Å². The van der Waals surface area contributed by atoms with E-state index < -0.39 is 0 Å². The van der Waals surface area contributed by atoms with Crippen LogP contribution in [0.4, 0.5) is 5.69 Å². The lowest BCUT2D eigenvalue weighted by molar-refractivity contribution is 0.314. The van der Waals surface area contributed by atoms with E-state index in [2.05, 4.69) is 30.0 Å². The fourth-order valence-corrected chi connectivity index (χ4v) is 2.82. The molecule has 1 unspecified atom stereocenters. The Kier molecular flexibility index (Phi) is 4.49. The van der Waals surface area contributed by atoms with Crippen LogP contribution >= 0.6 is 11.6 Å². The fourth-order valence-electron chi connectivity index (χ4n) is 2.57. The van der Waals surface area contributed by atoms with Crippen molar-refractivity contribution in [1.29, 1.82) is 0 Å². The van der Waals surface area contributed by atoms with Gasteiger partial charge in [0.1, 0.15) is 0 Å². The standard InChI is InChI=1S/C14H22ClN3/c1-17-7-3-4-13(17)10-18(2)12-6-5-11(9-16)14(15)8-12/h5-6,8,13H,3-4,7,9-10,16H2,1-2H3. The lowest BCUT2D eigenvalue weighted by Crippen LogP contribution is -2.36. The van der Waals surface area contributed by atoms with Gasteiger partial charge in [0.05, 0.1) is 0 Å². The van der Waals surface area contributed by atoms with Crippen LogP contribution in [-0.4, -0.2) is 38.1 Å². The SMILES string of the molecule is CN(CC1CCCN1C)c1ccc(CN)c(Cl)c1. The number of likely N-dealkylation sites (N-methyl/N-ethyl adjacent to an activating group) is 2. The third-order valence-electron chi connectivity index (χ3n) is 3.85. The number of anilines is 1. The van der Waals surface area contributed by atoms with E-state index in [-0.39, 0.29) is 0 Å². The quantitative estimate of drug-likeness (QED) is 0.909. The molecule has 1 aliphatic heterocycles. The van der Waals surface area contributed by atoms with Gasteiger partial charge in [-0.15, -0.1) is 0 Å². The van der Waals surface area contributed by atoms with Gasteiger partial charge in [0.25, 0.3) is 0 Å². The summed E-state index contributed by atoms with van der Waals surface area (Å²) < 4.78 is 0. The molecule has 2 N–H and O–H groups in total. The summed E-state index contributed by atoms with van der Waals surface area (Å²) in [6.07, 6.45) is 2.59. The Bertz CT molecular complexity index is 408. The number of rotatable bonds is 4. The highest BCUT2D eigenvalue weighted by molar-refractivity contribution is 6.31. The van der Waals surface area contributed by atoms with Gasteiger partial charge in [0.2, 0.25) is 0 Å². The molecule has 0 aliphatic carbocycles. The molecular formula is C14H22ClN3. The predicted molar refractivity (Wildman–Crippen MR) is 78.3 cm³/mol. The van der Waals surface area contributed by atoms with Crippen molar-refractivity contribution in [3.8, 4) is 0 Å². The van der Waals surface area contributed by atoms with Gasteiger partial charge in [-0.2, -0.15) is 0 Å². The van der Waals surface area contributed by atoms with Crippen LogP contribution in [0.3, 0.4) is 0 Å². The van der Waals surface area contributed by atoms with E-state index in [0.717, 1.165) is 22.8 Å². The van der Waals surface area contributed by atoms with Crippen molar-refractivity contribution in [3.63, 3.8) is 0 Å². The van der Waals surface area contributed by atoms with Crippen LogP contribution in [0.5, 0.6) is 0 Å². The number of likely N-dealkylation sites (tertiary alicyclic amines) is 1. The third kappa shape index (κ3) is 2.97. The summed E-state index contributed by atoms with van der Waals surface area (Å²) in [6, 6.07) is 6.79. The zero-order valence-corrected chi connectivity index (χ0v) is 12.0. The highest BCUT2D eigenvalue weighted by Crippen LogP contribution is 2.24. The van der Waals surface area contributed by atoms with Crippen molar-refractivity contribution < 1.29 is 0 Å². The van der Waals surface area contributed by atoms with E-state index in [9.17, 15) is 0 Å². The van der Waals surface area contributed by atoms with Crippen molar-refractivity contribution in [1.82, 2.24) is 4.90 Å². The van der Waals surface area contributed by atoms with E-state index in [0.29, 0.717) is 12.6 Å². The second-order valence-corrected chi connectivity index (χ2v) is 5.54. The first-order chi connectivity index (χ1) is 8.61. The largest absolute Gasteiger partial charge is 0.373 e. The van der Waals surface area contributed by atoms with E-state index in [1.165, 1.54) is 19.4 Å². The summed E-state index contributed by atoms with van der Waals surface area (Å²) >= 11 is 6.20. The maximum Gasteiger partial charge on any atom is 0.0471 e. The van der Waals surface area contributed by atoms with Crippen molar-refractivity contribution >= 4 is 17.3 Å². The van der Waals surface area contributed by atoms with Crippen LogP contribution < -0.4 is 10.6 Å². The number of hydrogen-bond acceptors (Lipinski definition) is 3. The third-order valence-corrected chi connectivity index (χ3v) is 4.21. The van der Waals surface area contributed by atoms with Crippen LogP contribution in [0.15, 0.2) is 18.2 Å². The zero-order valence-electron chi connectivity index (χ0n) is 11.2. The average Bonchev–Trinajstić information content (AvgIpc) is 2.75. The molecular weight excluding hydrogens is 246 g/mol. The van der Waals surface area contributed by atoms with Gasteiger partial charge in [-0.1, -0.05) is 17.7 Å². The molecule has 0 amide bonds. The molecule has 2 rings (SSSR count). The molecule has 100 valence electrons. The second-order valence-electron chi connectivity index (χ2n) is 5.14. The van der Waals surface area contributed by atoms with Gasteiger partial charge in [-0.25, -0.2) is 0 Å². The molecule has 0 saturated carbocycles. The van der Waals surface area contributed by atoms with E-state index >= 15 is 0 Å². The van der Waals surface area contributed by atoms with Gasteiger partial charge in [-0.05, 0) is 44.1 Å². The second kappa shape index (κ2) is 5.91. The first kappa shape index (κ1) is 13.7. The van der Waals surface area contributed by atoms with Crippen molar-refractivity contribution in [2.45, 2.75) is 25.4 Å². The van der Waals surface area contributed by atoms with Crippen LogP contribution in [-0.2, 0) is 6.54 Å².